The van der Waals surface area contributed by atoms with Gasteiger partial charge in [-0.1, -0.05) is 11.8 Å². The van der Waals surface area contributed by atoms with Crippen molar-refractivity contribution in [3.63, 3.8) is 0 Å². The molecule has 0 saturated carbocycles. The van der Waals surface area contributed by atoms with Crippen molar-refractivity contribution in [3.8, 4) is 23.0 Å². The zero-order valence-electron chi connectivity index (χ0n) is 10.8. The predicted molar refractivity (Wildman–Crippen MR) is 71.2 cm³/mol. The van der Waals surface area contributed by atoms with Crippen molar-refractivity contribution in [2.75, 3.05) is 20.0 Å². The Morgan fingerprint density at radius 2 is 2.15 bits per heavy atom. The highest BCUT2D eigenvalue weighted by atomic mass is 32.2. The van der Waals surface area contributed by atoms with E-state index in [9.17, 15) is 4.79 Å². The largest absolute Gasteiger partial charge is 0.497 e. The van der Waals surface area contributed by atoms with Crippen molar-refractivity contribution in [2.45, 2.75) is 5.22 Å². The van der Waals surface area contributed by atoms with E-state index in [4.69, 9.17) is 19.0 Å². The third kappa shape index (κ3) is 3.21. The third-order valence-electron chi connectivity index (χ3n) is 2.36. The number of rotatable bonds is 6. The molecular formula is C12H12N2O5S. The second-order valence-corrected chi connectivity index (χ2v) is 4.55. The van der Waals surface area contributed by atoms with Gasteiger partial charge in [-0.05, 0) is 12.1 Å². The van der Waals surface area contributed by atoms with Crippen LogP contribution in [0, 0.1) is 0 Å². The molecule has 0 unspecified atom stereocenters. The quantitative estimate of drug-likeness (QED) is 0.808. The van der Waals surface area contributed by atoms with Crippen LogP contribution in [0.1, 0.15) is 0 Å². The normalized spacial score (nSPS) is 10.3. The first-order valence-electron chi connectivity index (χ1n) is 5.54. The van der Waals surface area contributed by atoms with Gasteiger partial charge in [0.1, 0.15) is 17.3 Å². The molecule has 0 bridgehead atoms. The number of hydrogen-bond donors (Lipinski definition) is 1. The molecule has 2 rings (SSSR count). The molecule has 0 radical (unpaired) electrons. The monoisotopic (exact) mass is 296 g/mol. The molecule has 1 heterocycles. The molecule has 106 valence electrons. The predicted octanol–water partition coefficient (Wildman–Crippen LogP) is 1.93. The maximum absolute atomic E-state index is 10.5. The number of carbonyl (C=O) groups is 1. The number of carboxylic acid groups (broad SMARTS) is 1. The molecule has 0 saturated heterocycles. The second kappa shape index (κ2) is 6.29. The average Bonchev–Trinajstić information content (AvgIpc) is 2.93. The van der Waals surface area contributed by atoms with Crippen LogP contribution in [0.15, 0.2) is 27.8 Å². The summed E-state index contributed by atoms with van der Waals surface area (Å²) in [5.41, 5.74) is 0.614. The molecule has 1 aromatic heterocycles. The van der Waals surface area contributed by atoms with Crippen LogP contribution < -0.4 is 9.47 Å². The standard InChI is InChI=1S/C12H12N2O5S/c1-17-7-3-4-8(9(5-7)18-2)11-13-14-12(19-11)20-6-10(15)16/h3-5H,6H2,1-2H3,(H,15,16). The van der Waals surface area contributed by atoms with Crippen LogP contribution in [0.4, 0.5) is 0 Å². The maximum Gasteiger partial charge on any atom is 0.314 e. The van der Waals surface area contributed by atoms with Gasteiger partial charge in [0.25, 0.3) is 11.1 Å². The first-order chi connectivity index (χ1) is 9.63. The van der Waals surface area contributed by atoms with E-state index in [0.29, 0.717) is 17.1 Å². The first-order valence-corrected chi connectivity index (χ1v) is 6.53. The molecule has 0 spiro atoms. The average molecular weight is 296 g/mol. The van der Waals surface area contributed by atoms with Gasteiger partial charge < -0.3 is 19.0 Å². The SMILES string of the molecule is COc1ccc(-c2nnc(SCC(=O)O)o2)c(OC)c1. The summed E-state index contributed by atoms with van der Waals surface area (Å²) in [6, 6.07) is 5.17. The minimum Gasteiger partial charge on any atom is -0.497 e. The van der Waals surface area contributed by atoms with Gasteiger partial charge in [0.2, 0.25) is 0 Å². The molecule has 0 aliphatic rings. The highest BCUT2D eigenvalue weighted by molar-refractivity contribution is 7.99. The minimum absolute atomic E-state index is 0.138. The zero-order valence-corrected chi connectivity index (χ0v) is 11.6. The number of thioether (sulfide) groups is 1. The van der Waals surface area contributed by atoms with E-state index in [1.165, 1.54) is 7.11 Å². The lowest BCUT2D eigenvalue weighted by Crippen LogP contribution is -1.97. The van der Waals surface area contributed by atoms with Gasteiger partial charge in [-0.15, -0.1) is 10.2 Å². The lowest BCUT2D eigenvalue weighted by atomic mass is 10.2. The summed E-state index contributed by atoms with van der Waals surface area (Å²) in [5.74, 6) is 0.351. The van der Waals surface area contributed by atoms with E-state index in [-0.39, 0.29) is 16.9 Å². The van der Waals surface area contributed by atoms with Gasteiger partial charge in [0, 0.05) is 6.07 Å². The molecule has 2 aromatic rings. The fourth-order valence-corrected chi connectivity index (χ4v) is 1.96. The fourth-order valence-electron chi connectivity index (χ4n) is 1.48. The number of ether oxygens (including phenoxy) is 2. The Bertz CT molecular complexity index is 614. The first kappa shape index (κ1) is 14.2. The van der Waals surface area contributed by atoms with Crippen LogP contribution >= 0.6 is 11.8 Å². The summed E-state index contributed by atoms with van der Waals surface area (Å²) in [5, 5.41) is 16.4. The molecule has 0 atom stereocenters. The van der Waals surface area contributed by atoms with E-state index in [1.807, 2.05) is 0 Å². The zero-order chi connectivity index (χ0) is 14.5. The Morgan fingerprint density at radius 1 is 1.35 bits per heavy atom. The Morgan fingerprint density at radius 3 is 2.80 bits per heavy atom. The summed E-state index contributed by atoms with van der Waals surface area (Å²) < 4.78 is 15.7. The number of aromatic nitrogens is 2. The van der Waals surface area contributed by atoms with Gasteiger partial charge in [-0.3, -0.25) is 4.79 Å². The molecule has 0 fully saturated rings. The van der Waals surface area contributed by atoms with E-state index >= 15 is 0 Å². The van der Waals surface area contributed by atoms with Crippen LogP contribution in [0.2, 0.25) is 0 Å². The molecule has 0 amide bonds. The number of hydrogen-bond acceptors (Lipinski definition) is 7. The van der Waals surface area contributed by atoms with Crippen LogP contribution in [-0.4, -0.2) is 41.2 Å². The van der Waals surface area contributed by atoms with Crippen molar-refractivity contribution >= 4 is 17.7 Å². The van der Waals surface area contributed by atoms with Crippen molar-refractivity contribution in [2.24, 2.45) is 0 Å². The molecule has 1 N–H and O–H groups in total. The van der Waals surface area contributed by atoms with Crippen LogP contribution in [0.5, 0.6) is 11.5 Å². The van der Waals surface area contributed by atoms with Gasteiger partial charge in [-0.2, -0.15) is 0 Å². The summed E-state index contributed by atoms with van der Waals surface area (Å²) >= 11 is 0.960. The molecule has 0 aliphatic carbocycles. The minimum atomic E-state index is -0.947. The van der Waals surface area contributed by atoms with E-state index in [1.54, 1.807) is 25.3 Å². The van der Waals surface area contributed by atoms with Gasteiger partial charge in [0.15, 0.2) is 0 Å². The third-order valence-corrected chi connectivity index (χ3v) is 3.17. The molecular weight excluding hydrogens is 284 g/mol. The van der Waals surface area contributed by atoms with Crippen LogP contribution in [0.3, 0.4) is 0 Å². The van der Waals surface area contributed by atoms with Crippen molar-refractivity contribution in [1.82, 2.24) is 10.2 Å². The molecule has 0 aliphatic heterocycles. The lowest BCUT2D eigenvalue weighted by Gasteiger charge is -2.07. The van der Waals surface area contributed by atoms with Gasteiger partial charge in [-0.25, -0.2) is 0 Å². The summed E-state index contributed by atoms with van der Waals surface area (Å²) in [7, 11) is 3.08. The summed E-state index contributed by atoms with van der Waals surface area (Å²) in [6.07, 6.45) is 0. The number of benzene rings is 1. The number of carboxylic acids is 1. The Hall–Kier alpha value is -2.22. The fraction of sp³-hybridized carbons (Fsp3) is 0.250. The molecule has 20 heavy (non-hydrogen) atoms. The molecule has 8 heteroatoms. The Balaban J connectivity index is 2.25. The Kier molecular flexibility index (Phi) is 4.46. The van der Waals surface area contributed by atoms with E-state index in [2.05, 4.69) is 10.2 Å². The van der Waals surface area contributed by atoms with Gasteiger partial charge >= 0.3 is 5.97 Å². The number of aliphatic carboxylic acids is 1. The van der Waals surface area contributed by atoms with Crippen molar-refractivity contribution in [3.05, 3.63) is 18.2 Å². The topological polar surface area (TPSA) is 94.7 Å². The smallest absolute Gasteiger partial charge is 0.314 e. The highest BCUT2D eigenvalue weighted by Crippen LogP contribution is 2.33. The lowest BCUT2D eigenvalue weighted by molar-refractivity contribution is -0.133. The molecule has 7 nitrogen and oxygen atoms in total. The van der Waals surface area contributed by atoms with E-state index < -0.39 is 5.97 Å². The number of methoxy groups -OCH3 is 2. The highest BCUT2D eigenvalue weighted by Gasteiger charge is 2.15. The number of nitrogens with zero attached hydrogens (tertiary/aromatic N) is 2. The van der Waals surface area contributed by atoms with Gasteiger partial charge in [0.05, 0.1) is 19.8 Å². The van der Waals surface area contributed by atoms with Crippen molar-refractivity contribution in [1.29, 1.82) is 0 Å². The van der Waals surface area contributed by atoms with Crippen LogP contribution in [0.25, 0.3) is 11.5 Å². The molecule has 1 aromatic carbocycles. The van der Waals surface area contributed by atoms with Crippen molar-refractivity contribution < 1.29 is 23.8 Å². The van der Waals surface area contributed by atoms with E-state index in [0.717, 1.165) is 11.8 Å². The van der Waals surface area contributed by atoms with Crippen LogP contribution in [-0.2, 0) is 4.79 Å². The maximum atomic E-state index is 10.5. The Labute approximate surface area is 118 Å². The summed E-state index contributed by atoms with van der Waals surface area (Å²) in [6.45, 7) is 0. The summed E-state index contributed by atoms with van der Waals surface area (Å²) in [4.78, 5) is 10.5. The second-order valence-electron chi connectivity index (χ2n) is 3.62.